The molecule has 1 heterocycles. The molecule has 0 saturated carbocycles. The summed E-state index contributed by atoms with van der Waals surface area (Å²) in [7, 11) is 1.79. The highest BCUT2D eigenvalue weighted by Gasteiger charge is 2.22. The van der Waals surface area contributed by atoms with Crippen LogP contribution in [0, 0.1) is 0 Å². The third-order valence-corrected chi connectivity index (χ3v) is 3.64. The van der Waals surface area contributed by atoms with Crippen LogP contribution >= 0.6 is 11.9 Å². The van der Waals surface area contributed by atoms with E-state index in [4.69, 9.17) is 0 Å². The number of carbonyl (C=O) groups is 1. The van der Waals surface area contributed by atoms with Crippen LogP contribution in [0.4, 0.5) is 0 Å². The first-order chi connectivity index (χ1) is 8.21. The average molecular weight is 253 g/mol. The molecule has 0 aromatic heterocycles. The molecule has 0 aliphatic carbocycles. The van der Waals surface area contributed by atoms with Crippen LogP contribution in [0.25, 0.3) is 0 Å². The molecule has 5 heteroatoms. The summed E-state index contributed by atoms with van der Waals surface area (Å²) in [4.78, 5) is 14.6. The van der Waals surface area contributed by atoms with E-state index in [1.165, 1.54) is 0 Å². The predicted molar refractivity (Wildman–Crippen MR) is 74.1 cm³/mol. The number of amides is 1. The summed E-state index contributed by atoms with van der Waals surface area (Å²) in [5, 5.41) is 3.78. The zero-order valence-electron chi connectivity index (χ0n) is 10.3. The van der Waals surface area contributed by atoms with Crippen LogP contribution in [0.1, 0.15) is 13.3 Å². The fourth-order valence-corrected chi connectivity index (χ4v) is 2.65. The summed E-state index contributed by atoms with van der Waals surface area (Å²) in [6.45, 7) is 7.69. The Bertz CT molecular complexity index is 339. The van der Waals surface area contributed by atoms with E-state index in [9.17, 15) is 4.79 Å². The normalized spacial score (nSPS) is 23.1. The molecule has 0 aromatic rings. The van der Waals surface area contributed by atoms with E-state index in [1.807, 2.05) is 19.1 Å². The number of aliphatic imine (C=N–C) groups is 1. The van der Waals surface area contributed by atoms with Crippen LogP contribution < -0.4 is 5.32 Å². The lowest BCUT2D eigenvalue weighted by Crippen LogP contribution is -2.41. The number of piperidine rings is 1. The lowest BCUT2D eigenvalue weighted by Gasteiger charge is -2.32. The van der Waals surface area contributed by atoms with Gasteiger partial charge in [-0.15, -0.1) is 0 Å². The number of hydrogen-bond donors (Lipinski definition) is 1. The molecular weight excluding hydrogens is 234 g/mol. The Morgan fingerprint density at radius 1 is 1.71 bits per heavy atom. The minimum absolute atomic E-state index is 0.119. The van der Waals surface area contributed by atoms with Gasteiger partial charge in [0.2, 0.25) is 6.41 Å². The lowest BCUT2D eigenvalue weighted by molar-refractivity contribution is -0.110. The van der Waals surface area contributed by atoms with Crippen LogP contribution in [0.15, 0.2) is 29.3 Å². The fraction of sp³-hybridized carbons (Fsp3) is 0.500. The minimum Gasteiger partial charge on any atom is -0.352 e. The number of nitrogens with zero attached hydrogens (tertiary/aromatic N) is 2. The number of carbonyl (C=O) groups excluding carboxylic acids is 1. The molecule has 1 N–H and O–H groups in total. The van der Waals surface area contributed by atoms with Crippen LogP contribution in [0.2, 0.25) is 0 Å². The van der Waals surface area contributed by atoms with E-state index >= 15 is 0 Å². The van der Waals surface area contributed by atoms with Crippen molar-refractivity contribution in [3.8, 4) is 0 Å². The Morgan fingerprint density at radius 3 is 3.00 bits per heavy atom. The number of allylic oxidation sites excluding steroid dienone is 1. The van der Waals surface area contributed by atoms with Gasteiger partial charge in [-0.1, -0.05) is 12.7 Å². The number of hydrogen-bond acceptors (Lipinski definition) is 4. The van der Waals surface area contributed by atoms with Crippen LogP contribution in [-0.2, 0) is 4.79 Å². The summed E-state index contributed by atoms with van der Waals surface area (Å²) < 4.78 is 2.22. The molecule has 1 amide bonds. The van der Waals surface area contributed by atoms with Crippen molar-refractivity contribution < 1.29 is 4.79 Å². The summed E-state index contributed by atoms with van der Waals surface area (Å²) in [5.41, 5.74) is 1.05. The van der Waals surface area contributed by atoms with Crippen molar-refractivity contribution in [1.82, 2.24) is 9.62 Å². The lowest BCUT2D eigenvalue weighted by atomic mass is 10.0. The molecule has 1 unspecified atom stereocenters. The maximum atomic E-state index is 10.4. The largest absolute Gasteiger partial charge is 0.352 e. The van der Waals surface area contributed by atoms with Gasteiger partial charge in [0, 0.05) is 20.1 Å². The van der Waals surface area contributed by atoms with Gasteiger partial charge in [-0.2, -0.15) is 0 Å². The molecular formula is C12H19N3OS. The van der Waals surface area contributed by atoms with Gasteiger partial charge in [0.25, 0.3) is 0 Å². The van der Waals surface area contributed by atoms with E-state index in [-0.39, 0.29) is 6.04 Å². The van der Waals surface area contributed by atoms with E-state index in [1.54, 1.807) is 19.0 Å². The molecule has 0 aromatic carbocycles. The van der Waals surface area contributed by atoms with Crippen LogP contribution in [0.5, 0.6) is 0 Å². The zero-order chi connectivity index (χ0) is 12.7. The van der Waals surface area contributed by atoms with Gasteiger partial charge in [0.05, 0.1) is 6.04 Å². The molecule has 1 rings (SSSR count). The van der Waals surface area contributed by atoms with Crippen molar-refractivity contribution >= 4 is 23.4 Å². The molecule has 1 aliphatic rings. The molecule has 0 spiro atoms. The Balaban J connectivity index is 2.49. The highest BCUT2D eigenvalue weighted by Crippen LogP contribution is 2.22. The van der Waals surface area contributed by atoms with Crippen molar-refractivity contribution in [1.29, 1.82) is 0 Å². The molecule has 0 bridgehead atoms. The first-order valence-corrected chi connectivity index (χ1v) is 6.38. The van der Waals surface area contributed by atoms with E-state index in [0.29, 0.717) is 0 Å². The SMILES string of the molecule is C=C1CN(SC(/C=C\C)=NC)CCC1NC=O. The van der Waals surface area contributed by atoms with Gasteiger partial charge in [-0.05, 0) is 36.9 Å². The topological polar surface area (TPSA) is 44.7 Å². The molecule has 0 radical (unpaired) electrons. The number of nitrogens with one attached hydrogen (secondary N) is 1. The average Bonchev–Trinajstić information content (AvgIpc) is 2.32. The summed E-state index contributed by atoms with van der Waals surface area (Å²) in [5.74, 6) is 0. The molecule has 1 saturated heterocycles. The standard InChI is InChI=1S/C12H19N3OS/c1-4-5-12(13-3)17-15-7-6-11(14-9-16)10(2)8-15/h4-5,9,11H,2,6-8H2,1,3H3,(H,14,16)/b5-4-,13-12?. The van der Waals surface area contributed by atoms with Gasteiger partial charge >= 0.3 is 0 Å². The molecule has 1 aliphatic heterocycles. The van der Waals surface area contributed by atoms with E-state index in [0.717, 1.165) is 36.5 Å². The first kappa shape index (κ1) is 14.0. The Labute approximate surface area is 107 Å². The smallest absolute Gasteiger partial charge is 0.207 e. The summed E-state index contributed by atoms with van der Waals surface area (Å²) in [6, 6.07) is 0.119. The fourth-order valence-electron chi connectivity index (χ4n) is 1.67. The Kier molecular flexibility index (Phi) is 6.00. The zero-order valence-corrected chi connectivity index (χ0v) is 11.2. The third-order valence-electron chi connectivity index (χ3n) is 2.56. The summed E-state index contributed by atoms with van der Waals surface area (Å²) in [6.07, 6.45) is 5.61. The predicted octanol–water partition coefficient (Wildman–Crippen LogP) is 1.62. The van der Waals surface area contributed by atoms with Crippen molar-refractivity contribution in [3.63, 3.8) is 0 Å². The van der Waals surface area contributed by atoms with Crippen LogP contribution in [0.3, 0.4) is 0 Å². The monoisotopic (exact) mass is 253 g/mol. The second kappa shape index (κ2) is 7.29. The van der Waals surface area contributed by atoms with Crippen LogP contribution in [-0.4, -0.2) is 41.9 Å². The first-order valence-electron chi connectivity index (χ1n) is 5.61. The maximum absolute atomic E-state index is 10.4. The highest BCUT2D eigenvalue weighted by atomic mass is 32.2. The van der Waals surface area contributed by atoms with E-state index in [2.05, 4.69) is 21.2 Å². The highest BCUT2D eigenvalue weighted by molar-refractivity contribution is 8.12. The minimum atomic E-state index is 0.119. The van der Waals surface area contributed by atoms with Crippen molar-refractivity contribution in [2.45, 2.75) is 19.4 Å². The quantitative estimate of drug-likeness (QED) is 0.272. The van der Waals surface area contributed by atoms with Gasteiger partial charge in [-0.25, -0.2) is 4.31 Å². The summed E-state index contributed by atoms with van der Waals surface area (Å²) >= 11 is 1.63. The second-order valence-corrected chi connectivity index (χ2v) is 4.92. The van der Waals surface area contributed by atoms with Gasteiger partial charge < -0.3 is 5.32 Å². The molecule has 94 valence electrons. The Morgan fingerprint density at radius 2 is 2.47 bits per heavy atom. The molecule has 4 nitrogen and oxygen atoms in total. The van der Waals surface area contributed by atoms with Gasteiger partial charge in [0.1, 0.15) is 5.04 Å². The van der Waals surface area contributed by atoms with E-state index < -0.39 is 0 Å². The molecule has 1 atom stereocenters. The molecule has 17 heavy (non-hydrogen) atoms. The third kappa shape index (κ3) is 4.36. The second-order valence-electron chi connectivity index (χ2n) is 3.80. The number of rotatable bonds is 4. The van der Waals surface area contributed by atoms with Crippen molar-refractivity contribution in [3.05, 3.63) is 24.3 Å². The van der Waals surface area contributed by atoms with Crippen molar-refractivity contribution in [2.24, 2.45) is 4.99 Å². The van der Waals surface area contributed by atoms with Crippen molar-refractivity contribution in [2.75, 3.05) is 20.1 Å². The van der Waals surface area contributed by atoms with Gasteiger partial charge in [0.15, 0.2) is 0 Å². The molecule has 1 fully saturated rings. The Hall–Kier alpha value is -1.07. The van der Waals surface area contributed by atoms with Gasteiger partial charge in [-0.3, -0.25) is 9.79 Å². The maximum Gasteiger partial charge on any atom is 0.207 e.